The van der Waals surface area contributed by atoms with Crippen LogP contribution < -0.4 is 5.32 Å². The molecule has 0 spiro atoms. The molecular formula is C19H17NO2. The zero-order valence-electron chi connectivity index (χ0n) is 12.3. The van der Waals surface area contributed by atoms with Crippen LogP contribution >= 0.6 is 0 Å². The molecule has 0 aliphatic heterocycles. The van der Waals surface area contributed by atoms with Crippen molar-refractivity contribution in [3.05, 3.63) is 77.9 Å². The number of phenols is 1. The second-order valence-electron chi connectivity index (χ2n) is 5.32. The van der Waals surface area contributed by atoms with Crippen LogP contribution in [0.5, 0.6) is 5.75 Å². The number of phenolic OH excluding ortho intramolecular Hbond substituents is 1. The van der Waals surface area contributed by atoms with Gasteiger partial charge in [-0.25, -0.2) is 0 Å². The summed E-state index contributed by atoms with van der Waals surface area (Å²) in [6.45, 7) is 1.92. The Labute approximate surface area is 129 Å². The predicted molar refractivity (Wildman–Crippen MR) is 87.9 cm³/mol. The Morgan fingerprint density at radius 1 is 0.955 bits per heavy atom. The predicted octanol–water partition coefficient (Wildman–Crippen LogP) is 4.04. The van der Waals surface area contributed by atoms with Gasteiger partial charge in [0.05, 0.1) is 11.6 Å². The maximum absolute atomic E-state index is 12.4. The van der Waals surface area contributed by atoms with Crippen molar-refractivity contribution in [1.29, 1.82) is 0 Å². The molecule has 0 saturated carbocycles. The molecule has 1 atom stereocenters. The molecule has 0 aromatic heterocycles. The summed E-state index contributed by atoms with van der Waals surface area (Å²) in [7, 11) is 0. The van der Waals surface area contributed by atoms with Crippen molar-refractivity contribution in [2.45, 2.75) is 13.0 Å². The highest BCUT2D eigenvalue weighted by molar-refractivity contribution is 6.01. The van der Waals surface area contributed by atoms with E-state index in [1.165, 1.54) is 0 Å². The zero-order chi connectivity index (χ0) is 15.5. The summed E-state index contributed by atoms with van der Waals surface area (Å²) in [5, 5.41) is 14.9. The van der Waals surface area contributed by atoms with Gasteiger partial charge in [-0.05, 0) is 35.4 Å². The van der Waals surface area contributed by atoms with Gasteiger partial charge in [-0.1, -0.05) is 54.6 Å². The molecule has 2 N–H and O–H groups in total. The Kier molecular flexibility index (Phi) is 3.79. The molecule has 0 saturated heterocycles. The number of fused-ring (bicyclic) bond motifs is 1. The maximum Gasteiger partial charge on any atom is 0.255 e. The number of carbonyl (C=O) groups is 1. The first kappa shape index (κ1) is 14.1. The molecular weight excluding hydrogens is 274 g/mol. The molecule has 3 rings (SSSR count). The number of hydrogen-bond donors (Lipinski definition) is 2. The second-order valence-corrected chi connectivity index (χ2v) is 5.32. The minimum Gasteiger partial charge on any atom is -0.507 e. The highest BCUT2D eigenvalue weighted by Crippen LogP contribution is 2.25. The lowest BCUT2D eigenvalue weighted by Crippen LogP contribution is -2.26. The molecule has 22 heavy (non-hydrogen) atoms. The fourth-order valence-electron chi connectivity index (χ4n) is 2.51. The van der Waals surface area contributed by atoms with Crippen LogP contribution in [0.3, 0.4) is 0 Å². The maximum atomic E-state index is 12.4. The molecule has 0 radical (unpaired) electrons. The van der Waals surface area contributed by atoms with Crippen molar-refractivity contribution in [3.8, 4) is 5.75 Å². The summed E-state index contributed by atoms with van der Waals surface area (Å²) in [6.07, 6.45) is 0. The minimum absolute atomic E-state index is 0.00328. The van der Waals surface area contributed by atoms with Crippen LogP contribution in [-0.2, 0) is 0 Å². The summed E-state index contributed by atoms with van der Waals surface area (Å²) in [5.41, 5.74) is 1.32. The number of aromatic hydroxyl groups is 1. The third-order valence-corrected chi connectivity index (χ3v) is 3.76. The lowest BCUT2D eigenvalue weighted by Gasteiger charge is -2.15. The van der Waals surface area contributed by atoms with Crippen LogP contribution in [-0.4, -0.2) is 11.0 Å². The summed E-state index contributed by atoms with van der Waals surface area (Å²) in [5.74, 6) is -0.281. The van der Waals surface area contributed by atoms with Gasteiger partial charge in [0.15, 0.2) is 0 Å². The summed E-state index contributed by atoms with van der Waals surface area (Å²) >= 11 is 0. The van der Waals surface area contributed by atoms with Crippen molar-refractivity contribution in [2.75, 3.05) is 0 Å². The molecule has 0 aliphatic carbocycles. The summed E-state index contributed by atoms with van der Waals surface area (Å²) < 4.78 is 0. The van der Waals surface area contributed by atoms with Gasteiger partial charge < -0.3 is 10.4 Å². The zero-order valence-corrected chi connectivity index (χ0v) is 12.3. The molecule has 1 amide bonds. The molecule has 1 unspecified atom stereocenters. The average molecular weight is 291 g/mol. The van der Waals surface area contributed by atoms with E-state index in [4.69, 9.17) is 0 Å². The average Bonchev–Trinajstić information content (AvgIpc) is 2.54. The monoisotopic (exact) mass is 291 g/mol. The molecule has 0 aliphatic rings. The number of amides is 1. The number of rotatable bonds is 3. The van der Waals surface area contributed by atoms with E-state index in [9.17, 15) is 9.90 Å². The lowest BCUT2D eigenvalue weighted by atomic mass is 10.0. The van der Waals surface area contributed by atoms with Crippen LogP contribution in [0, 0.1) is 0 Å². The van der Waals surface area contributed by atoms with Crippen molar-refractivity contribution < 1.29 is 9.90 Å². The molecule has 3 nitrogen and oxygen atoms in total. The van der Waals surface area contributed by atoms with Crippen molar-refractivity contribution in [3.63, 3.8) is 0 Å². The van der Waals surface area contributed by atoms with E-state index >= 15 is 0 Å². The standard InChI is InChI=1S/C19H17NO2/c1-13(14-7-3-2-4-8-14)20-19(22)17-11-15-9-5-6-10-16(15)12-18(17)21/h2-13,21H,1H3,(H,20,22). The fraction of sp³-hybridized carbons (Fsp3) is 0.105. The number of benzene rings is 3. The summed E-state index contributed by atoms with van der Waals surface area (Å²) in [4.78, 5) is 12.4. The molecule has 3 heteroatoms. The first-order valence-electron chi connectivity index (χ1n) is 7.23. The van der Waals surface area contributed by atoms with Crippen molar-refractivity contribution in [2.24, 2.45) is 0 Å². The van der Waals surface area contributed by atoms with E-state index in [2.05, 4.69) is 5.32 Å². The van der Waals surface area contributed by atoms with Crippen LogP contribution in [0.2, 0.25) is 0 Å². The molecule has 0 fully saturated rings. The molecule has 110 valence electrons. The number of nitrogens with one attached hydrogen (secondary N) is 1. The fourth-order valence-corrected chi connectivity index (χ4v) is 2.51. The number of carbonyl (C=O) groups excluding carboxylic acids is 1. The largest absolute Gasteiger partial charge is 0.507 e. The second kappa shape index (κ2) is 5.90. The minimum atomic E-state index is -0.278. The van der Waals surface area contributed by atoms with Gasteiger partial charge in [-0.3, -0.25) is 4.79 Å². The molecule has 3 aromatic carbocycles. The first-order chi connectivity index (χ1) is 10.6. The van der Waals surface area contributed by atoms with E-state index in [1.54, 1.807) is 12.1 Å². The van der Waals surface area contributed by atoms with Crippen LogP contribution in [0.25, 0.3) is 10.8 Å². The van der Waals surface area contributed by atoms with E-state index < -0.39 is 0 Å². The Balaban J connectivity index is 1.87. The quantitative estimate of drug-likeness (QED) is 0.765. The van der Waals surface area contributed by atoms with Crippen molar-refractivity contribution >= 4 is 16.7 Å². The van der Waals surface area contributed by atoms with E-state index in [0.29, 0.717) is 5.56 Å². The smallest absolute Gasteiger partial charge is 0.255 e. The summed E-state index contributed by atoms with van der Waals surface area (Å²) in [6, 6.07) is 20.6. The van der Waals surface area contributed by atoms with Crippen LogP contribution in [0.4, 0.5) is 0 Å². The van der Waals surface area contributed by atoms with Crippen LogP contribution in [0.1, 0.15) is 28.9 Å². The third kappa shape index (κ3) is 2.79. The highest BCUT2D eigenvalue weighted by Gasteiger charge is 2.15. The van der Waals surface area contributed by atoms with Gasteiger partial charge in [0.2, 0.25) is 0 Å². The van der Waals surface area contributed by atoms with Crippen LogP contribution in [0.15, 0.2) is 66.7 Å². The number of hydrogen-bond acceptors (Lipinski definition) is 2. The van der Waals surface area contributed by atoms with Gasteiger partial charge in [0, 0.05) is 0 Å². The van der Waals surface area contributed by atoms with Gasteiger partial charge >= 0.3 is 0 Å². The van der Waals surface area contributed by atoms with E-state index in [0.717, 1.165) is 16.3 Å². The van der Waals surface area contributed by atoms with Gasteiger partial charge in [0.25, 0.3) is 5.91 Å². The highest BCUT2D eigenvalue weighted by atomic mass is 16.3. The van der Waals surface area contributed by atoms with E-state index in [-0.39, 0.29) is 17.7 Å². The Bertz CT molecular complexity index is 812. The molecule has 0 heterocycles. The lowest BCUT2D eigenvalue weighted by molar-refractivity contribution is 0.0937. The first-order valence-corrected chi connectivity index (χ1v) is 7.23. The molecule has 0 bridgehead atoms. The third-order valence-electron chi connectivity index (χ3n) is 3.76. The SMILES string of the molecule is CC(NC(=O)c1cc2ccccc2cc1O)c1ccccc1. The van der Waals surface area contributed by atoms with Gasteiger partial charge in [0.1, 0.15) is 5.75 Å². The van der Waals surface area contributed by atoms with Gasteiger partial charge in [-0.15, -0.1) is 0 Å². The van der Waals surface area contributed by atoms with Gasteiger partial charge in [-0.2, -0.15) is 0 Å². The Hall–Kier alpha value is -2.81. The normalized spacial score (nSPS) is 12.0. The topological polar surface area (TPSA) is 49.3 Å². The van der Waals surface area contributed by atoms with Crippen molar-refractivity contribution in [1.82, 2.24) is 5.32 Å². The van der Waals surface area contributed by atoms with E-state index in [1.807, 2.05) is 61.5 Å². The Morgan fingerprint density at radius 3 is 2.23 bits per heavy atom. The Morgan fingerprint density at radius 2 is 1.55 bits per heavy atom. The molecule has 3 aromatic rings.